The second-order valence-corrected chi connectivity index (χ2v) is 4.69. The summed E-state index contributed by atoms with van der Waals surface area (Å²) in [6.07, 6.45) is 1.18. The Labute approximate surface area is 93.2 Å². The first kappa shape index (κ1) is 10.3. The third kappa shape index (κ3) is 2.08. The number of nitrogens with zero attached hydrogens (tertiary/aromatic N) is 1. The molecule has 15 heavy (non-hydrogen) atoms. The number of hydrogen-bond acceptors (Lipinski definition) is 3. The highest BCUT2D eigenvalue weighted by atomic mass is 32.1. The fraction of sp³-hybridized carbons (Fsp3) is 0.250. The van der Waals surface area contributed by atoms with E-state index in [2.05, 4.69) is 4.98 Å². The smallest absolute Gasteiger partial charge is 0.107 e. The summed E-state index contributed by atoms with van der Waals surface area (Å²) in [7, 11) is 0. The van der Waals surface area contributed by atoms with Gasteiger partial charge in [-0.25, -0.2) is 0 Å². The normalized spacial score (nSPS) is 12.7. The van der Waals surface area contributed by atoms with E-state index in [0.717, 1.165) is 21.7 Å². The molecule has 78 valence electrons. The third-order valence-electron chi connectivity index (χ3n) is 2.44. The van der Waals surface area contributed by atoms with Crippen molar-refractivity contribution in [1.29, 1.82) is 0 Å². The van der Waals surface area contributed by atoms with E-state index in [9.17, 15) is 5.11 Å². The van der Waals surface area contributed by atoms with Crippen LogP contribution in [0.25, 0.3) is 0 Å². The molecule has 0 saturated heterocycles. The maximum atomic E-state index is 10.1. The minimum atomic E-state index is -0.552. The van der Waals surface area contributed by atoms with Crippen molar-refractivity contribution in [3.8, 4) is 0 Å². The second-order valence-electron chi connectivity index (χ2n) is 3.57. The molecule has 0 aliphatic rings. The lowest BCUT2D eigenvalue weighted by Gasteiger charge is -2.10. The Kier molecular flexibility index (Phi) is 2.84. The lowest BCUT2D eigenvalue weighted by molar-refractivity contribution is 0.219. The van der Waals surface area contributed by atoms with Gasteiger partial charge in [-0.15, -0.1) is 11.3 Å². The Hall–Kier alpha value is -1.19. The zero-order chi connectivity index (χ0) is 10.8. The Bertz CT molecular complexity index is 447. The predicted molar refractivity (Wildman–Crippen MR) is 62.1 cm³/mol. The van der Waals surface area contributed by atoms with Gasteiger partial charge in [0.2, 0.25) is 0 Å². The zero-order valence-corrected chi connectivity index (χ0v) is 9.58. The van der Waals surface area contributed by atoms with Crippen molar-refractivity contribution in [1.82, 2.24) is 4.98 Å². The van der Waals surface area contributed by atoms with E-state index in [4.69, 9.17) is 0 Å². The van der Waals surface area contributed by atoms with E-state index < -0.39 is 6.10 Å². The van der Waals surface area contributed by atoms with Crippen LogP contribution in [-0.2, 0) is 0 Å². The SMILES string of the molecule is Cc1ccc(C(O)c2ccsc2C)cn1. The Morgan fingerprint density at radius 1 is 1.27 bits per heavy atom. The van der Waals surface area contributed by atoms with Crippen LogP contribution < -0.4 is 0 Å². The van der Waals surface area contributed by atoms with E-state index in [-0.39, 0.29) is 0 Å². The number of thiophene rings is 1. The van der Waals surface area contributed by atoms with Gasteiger partial charge in [-0.05, 0) is 36.9 Å². The van der Waals surface area contributed by atoms with Crippen LogP contribution in [0.5, 0.6) is 0 Å². The number of aromatic nitrogens is 1. The average Bonchev–Trinajstić information content (AvgIpc) is 2.65. The van der Waals surface area contributed by atoms with Gasteiger partial charge < -0.3 is 5.11 Å². The molecule has 2 aromatic heterocycles. The molecule has 0 radical (unpaired) electrons. The van der Waals surface area contributed by atoms with E-state index in [0.29, 0.717) is 0 Å². The van der Waals surface area contributed by atoms with Crippen molar-refractivity contribution in [3.63, 3.8) is 0 Å². The number of aliphatic hydroxyl groups excluding tert-OH is 1. The molecule has 0 aromatic carbocycles. The summed E-state index contributed by atoms with van der Waals surface area (Å²) in [5, 5.41) is 12.1. The van der Waals surface area contributed by atoms with Crippen LogP contribution in [0.15, 0.2) is 29.8 Å². The molecular weight excluding hydrogens is 206 g/mol. The Morgan fingerprint density at radius 2 is 2.07 bits per heavy atom. The van der Waals surface area contributed by atoms with Gasteiger partial charge in [-0.2, -0.15) is 0 Å². The molecule has 2 aromatic rings. The quantitative estimate of drug-likeness (QED) is 0.842. The fourth-order valence-corrected chi connectivity index (χ4v) is 2.23. The van der Waals surface area contributed by atoms with Gasteiger partial charge >= 0.3 is 0 Å². The topological polar surface area (TPSA) is 33.1 Å². The Morgan fingerprint density at radius 3 is 2.60 bits per heavy atom. The van der Waals surface area contributed by atoms with E-state index in [1.54, 1.807) is 17.5 Å². The van der Waals surface area contributed by atoms with Crippen molar-refractivity contribution in [2.24, 2.45) is 0 Å². The molecule has 2 nitrogen and oxygen atoms in total. The van der Waals surface area contributed by atoms with Crippen LogP contribution in [0.3, 0.4) is 0 Å². The number of rotatable bonds is 2. The van der Waals surface area contributed by atoms with Gasteiger partial charge in [-0.1, -0.05) is 6.07 Å². The van der Waals surface area contributed by atoms with Crippen LogP contribution in [0.4, 0.5) is 0 Å². The largest absolute Gasteiger partial charge is 0.384 e. The highest BCUT2D eigenvalue weighted by Crippen LogP contribution is 2.27. The highest BCUT2D eigenvalue weighted by molar-refractivity contribution is 7.10. The summed E-state index contributed by atoms with van der Waals surface area (Å²) in [5.74, 6) is 0. The molecule has 0 saturated carbocycles. The molecule has 0 spiro atoms. The summed E-state index contributed by atoms with van der Waals surface area (Å²) in [4.78, 5) is 5.34. The standard InChI is InChI=1S/C12H13NOS/c1-8-3-4-10(7-13-8)12(14)11-5-6-15-9(11)2/h3-7,12,14H,1-2H3. The molecule has 1 unspecified atom stereocenters. The van der Waals surface area contributed by atoms with Crippen LogP contribution in [0, 0.1) is 13.8 Å². The molecule has 1 atom stereocenters. The molecule has 0 aliphatic heterocycles. The van der Waals surface area contributed by atoms with Gasteiger partial charge in [0.05, 0.1) is 0 Å². The van der Waals surface area contributed by atoms with Crippen LogP contribution in [0.1, 0.15) is 27.8 Å². The molecule has 3 heteroatoms. The molecule has 1 N–H and O–H groups in total. The number of aliphatic hydroxyl groups is 1. The minimum absolute atomic E-state index is 0.552. The number of aryl methyl sites for hydroxylation is 2. The first-order valence-electron chi connectivity index (χ1n) is 4.83. The van der Waals surface area contributed by atoms with Crippen molar-refractivity contribution < 1.29 is 5.11 Å². The molecular formula is C12H13NOS. The van der Waals surface area contributed by atoms with Gasteiger partial charge in [0.25, 0.3) is 0 Å². The summed E-state index contributed by atoms with van der Waals surface area (Å²) >= 11 is 1.65. The number of pyridine rings is 1. The lowest BCUT2D eigenvalue weighted by atomic mass is 10.0. The van der Waals surface area contributed by atoms with Crippen molar-refractivity contribution in [2.45, 2.75) is 20.0 Å². The lowest BCUT2D eigenvalue weighted by Crippen LogP contribution is -2.00. The van der Waals surface area contributed by atoms with Crippen molar-refractivity contribution >= 4 is 11.3 Å². The van der Waals surface area contributed by atoms with Crippen LogP contribution in [0.2, 0.25) is 0 Å². The summed E-state index contributed by atoms with van der Waals surface area (Å²) in [6, 6.07) is 5.80. The second kappa shape index (κ2) is 4.13. The summed E-state index contributed by atoms with van der Waals surface area (Å²) in [6.45, 7) is 3.96. The predicted octanol–water partition coefficient (Wildman–Crippen LogP) is 2.84. The maximum absolute atomic E-state index is 10.1. The highest BCUT2D eigenvalue weighted by Gasteiger charge is 2.13. The van der Waals surface area contributed by atoms with Crippen LogP contribution in [-0.4, -0.2) is 10.1 Å². The molecule has 0 amide bonds. The fourth-order valence-electron chi connectivity index (χ4n) is 1.50. The van der Waals surface area contributed by atoms with Gasteiger partial charge in [0, 0.05) is 22.3 Å². The Balaban J connectivity index is 2.32. The summed E-state index contributed by atoms with van der Waals surface area (Å²) < 4.78 is 0. The molecule has 2 heterocycles. The molecule has 0 aliphatic carbocycles. The maximum Gasteiger partial charge on any atom is 0.107 e. The minimum Gasteiger partial charge on any atom is -0.384 e. The van der Waals surface area contributed by atoms with Crippen molar-refractivity contribution in [3.05, 3.63) is 51.5 Å². The van der Waals surface area contributed by atoms with E-state index >= 15 is 0 Å². The summed E-state index contributed by atoms with van der Waals surface area (Å²) in [5.41, 5.74) is 2.79. The van der Waals surface area contributed by atoms with Gasteiger partial charge in [0.15, 0.2) is 0 Å². The average molecular weight is 219 g/mol. The first-order chi connectivity index (χ1) is 7.18. The third-order valence-corrected chi connectivity index (χ3v) is 3.30. The molecule has 2 rings (SSSR count). The monoisotopic (exact) mass is 219 g/mol. The zero-order valence-electron chi connectivity index (χ0n) is 8.77. The first-order valence-corrected chi connectivity index (χ1v) is 5.71. The van der Waals surface area contributed by atoms with Crippen LogP contribution >= 0.6 is 11.3 Å². The van der Waals surface area contributed by atoms with Gasteiger partial charge in [-0.3, -0.25) is 4.98 Å². The molecule has 0 fully saturated rings. The molecule has 0 bridgehead atoms. The van der Waals surface area contributed by atoms with E-state index in [1.807, 2.05) is 37.4 Å². The number of hydrogen-bond donors (Lipinski definition) is 1. The van der Waals surface area contributed by atoms with Gasteiger partial charge in [0.1, 0.15) is 6.10 Å². The van der Waals surface area contributed by atoms with Crippen molar-refractivity contribution in [2.75, 3.05) is 0 Å². The van der Waals surface area contributed by atoms with E-state index in [1.165, 1.54) is 0 Å².